The highest BCUT2D eigenvalue weighted by molar-refractivity contribution is 9.10. The third-order valence-corrected chi connectivity index (χ3v) is 3.65. The number of nitrogens with two attached hydrogens (primary N) is 1. The van der Waals surface area contributed by atoms with E-state index >= 15 is 0 Å². The molecule has 0 aliphatic heterocycles. The van der Waals surface area contributed by atoms with Crippen LogP contribution >= 0.6 is 15.9 Å². The van der Waals surface area contributed by atoms with Crippen LogP contribution in [0.15, 0.2) is 22.7 Å². The first-order valence-corrected chi connectivity index (χ1v) is 6.01. The molecule has 1 fully saturated rings. The highest BCUT2D eigenvalue weighted by atomic mass is 79.9. The second-order valence-corrected chi connectivity index (χ2v) is 5.05. The van der Waals surface area contributed by atoms with Crippen LogP contribution in [0.2, 0.25) is 0 Å². The summed E-state index contributed by atoms with van der Waals surface area (Å²) in [5.41, 5.74) is 8.46. The van der Waals surface area contributed by atoms with Gasteiger partial charge in [-0.1, -0.05) is 35.0 Å². The number of rotatable bonds is 3. The van der Waals surface area contributed by atoms with E-state index < -0.39 is 0 Å². The largest absolute Gasteiger partial charge is 0.330 e. The Kier molecular flexibility index (Phi) is 2.93. The van der Waals surface area contributed by atoms with E-state index in [4.69, 9.17) is 5.73 Å². The van der Waals surface area contributed by atoms with Gasteiger partial charge in [-0.3, -0.25) is 0 Å². The summed E-state index contributed by atoms with van der Waals surface area (Å²) in [6, 6.07) is 6.70. The Morgan fingerprint density at radius 2 is 2.21 bits per heavy atom. The first kappa shape index (κ1) is 10.2. The fourth-order valence-corrected chi connectivity index (χ4v) is 2.43. The lowest BCUT2D eigenvalue weighted by atomic mass is 9.99. The van der Waals surface area contributed by atoms with Gasteiger partial charge in [-0.15, -0.1) is 0 Å². The van der Waals surface area contributed by atoms with Gasteiger partial charge < -0.3 is 5.73 Å². The Labute approximate surface area is 93.8 Å². The number of halogens is 1. The zero-order chi connectivity index (χ0) is 10.1. The van der Waals surface area contributed by atoms with Crippen molar-refractivity contribution in [2.24, 2.45) is 5.73 Å². The van der Waals surface area contributed by atoms with Crippen molar-refractivity contribution in [2.45, 2.75) is 31.6 Å². The lowest BCUT2D eigenvalue weighted by Crippen LogP contribution is -2.08. The molecular formula is C12H16BrN. The van der Waals surface area contributed by atoms with Crippen molar-refractivity contribution in [1.82, 2.24) is 0 Å². The van der Waals surface area contributed by atoms with Crippen LogP contribution in [0.5, 0.6) is 0 Å². The number of hydrogen-bond acceptors (Lipinski definition) is 1. The van der Waals surface area contributed by atoms with Gasteiger partial charge in [0.15, 0.2) is 0 Å². The van der Waals surface area contributed by atoms with Crippen molar-refractivity contribution in [3.63, 3.8) is 0 Å². The van der Waals surface area contributed by atoms with Gasteiger partial charge in [0.1, 0.15) is 0 Å². The average Bonchev–Trinajstić information content (AvgIpc) is 3.00. The first-order valence-electron chi connectivity index (χ1n) is 5.21. The summed E-state index contributed by atoms with van der Waals surface area (Å²) in [5, 5.41) is 0. The van der Waals surface area contributed by atoms with Gasteiger partial charge in [0.2, 0.25) is 0 Å². The Morgan fingerprint density at radius 3 is 2.71 bits per heavy atom. The summed E-state index contributed by atoms with van der Waals surface area (Å²) in [4.78, 5) is 0. The van der Waals surface area contributed by atoms with Gasteiger partial charge in [0, 0.05) is 4.47 Å². The molecule has 0 amide bonds. The molecule has 1 unspecified atom stereocenters. The van der Waals surface area contributed by atoms with Gasteiger partial charge in [-0.2, -0.15) is 0 Å². The van der Waals surface area contributed by atoms with Crippen LogP contribution in [0, 0.1) is 0 Å². The summed E-state index contributed by atoms with van der Waals surface area (Å²) in [5.74, 6) is 1.27. The molecule has 0 heterocycles. The predicted octanol–water partition coefficient (Wildman–Crippen LogP) is 3.39. The molecule has 2 rings (SSSR count). The van der Waals surface area contributed by atoms with Gasteiger partial charge in [-0.25, -0.2) is 0 Å². The Hall–Kier alpha value is -0.340. The first-order chi connectivity index (χ1) is 6.72. The normalized spacial score (nSPS) is 18.2. The molecule has 1 atom stereocenters. The Balaban J connectivity index is 2.25. The third kappa shape index (κ3) is 2.01. The van der Waals surface area contributed by atoms with Crippen LogP contribution in [-0.4, -0.2) is 6.54 Å². The van der Waals surface area contributed by atoms with Crippen LogP contribution in [0.25, 0.3) is 0 Å². The molecule has 1 aliphatic rings. The molecule has 1 saturated carbocycles. The summed E-state index contributed by atoms with van der Waals surface area (Å²) in [6.45, 7) is 2.88. The van der Waals surface area contributed by atoms with Crippen LogP contribution < -0.4 is 5.73 Å². The van der Waals surface area contributed by atoms with Crippen LogP contribution in [0.4, 0.5) is 0 Å². The summed E-state index contributed by atoms with van der Waals surface area (Å²) >= 11 is 3.64. The molecular weight excluding hydrogens is 238 g/mol. The SMILES string of the molecule is CC(CN)c1ccc(C2CC2)c(Br)c1. The molecule has 2 heteroatoms. The molecule has 2 N–H and O–H groups in total. The van der Waals surface area contributed by atoms with Crippen molar-refractivity contribution < 1.29 is 0 Å². The van der Waals surface area contributed by atoms with Crippen molar-refractivity contribution >= 4 is 15.9 Å². The minimum Gasteiger partial charge on any atom is -0.330 e. The minimum absolute atomic E-state index is 0.458. The monoisotopic (exact) mass is 253 g/mol. The second kappa shape index (κ2) is 4.03. The standard InChI is InChI=1S/C12H16BrN/c1-8(7-14)10-4-5-11(9-2-3-9)12(13)6-10/h4-6,8-9H,2-3,7,14H2,1H3. The van der Waals surface area contributed by atoms with E-state index in [1.807, 2.05) is 0 Å². The maximum atomic E-state index is 5.65. The van der Waals surface area contributed by atoms with Crippen molar-refractivity contribution in [3.8, 4) is 0 Å². The molecule has 76 valence electrons. The fraction of sp³-hybridized carbons (Fsp3) is 0.500. The zero-order valence-electron chi connectivity index (χ0n) is 8.46. The lowest BCUT2D eigenvalue weighted by molar-refractivity contribution is 0.772. The topological polar surface area (TPSA) is 26.0 Å². The van der Waals surface area contributed by atoms with Crippen molar-refractivity contribution in [1.29, 1.82) is 0 Å². The van der Waals surface area contributed by atoms with Crippen molar-refractivity contribution in [2.75, 3.05) is 6.54 Å². The molecule has 0 saturated heterocycles. The van der Waals surface area contributed by atoms with Crippen LogP contribution in [-0.2, 0) is 0 Å². The number of benzene rings is 1. The van der Waals surface area contributed by atoms with Crippen molar-refractivity contribution in [3.05, 3.63) is 33.8 Å². The Bertz CT molecular complexity index is 331. The van der Waals surface area contributed by atoms with Gasteiger partial charge >= 0.3 is 0 Å². The Morgan fingerprint density at radius 1 is 1.50 bits per heavy atom. The van der Waals surface area contributed by atoms with E-state index in [-0.39, 0.29) is 0 Å². The zero-order valence-corrected chi connectivity index (χ0v) is 10.0. The molecule has 1 aromatic rings. The van der Waals surface area contributed by atoms with Gasteiger partial charge in [0.25, 0.3) is 0 Å². The molecule has 1 aliphatic carbocycles. The van der Waals surface area contributed by atoms with E-state index in [1.165, 1.54) is 28.4 Å². The van der Waals surface area contributed by atoms with Gasteiger partial charge in [0.05, 0.1) is 0 Å². The smallest absolute Gasteiger partial charge is 0.0212 e. The third-order valence-electron chi connectivity index (χ3n) is 2.96. The minimum atomic E-state index is 0.458. The highest BCUT2D eigenvalue weighted by Gasteiger charge is 2.25. The summed E-state index contributed by atoms with van der Waals surface area (Å²) < 4.78 is 1.26. The van der Waals surface area contributed by atoms with Crippen LogP contribution in [0.1, 0.15) is 42.7 Å². The highest BCUT2D eigenvalue weighted by Crippen LogP contribution is 2.43. The average molecular weight is 254 g/mol. The van der Waals surface area contributed by atoms with E-state index in [0.717, 1.165) is 12.5 Å². The molecule has 0 bridgehead atoms. The number of hydrogen-bond donors (Lipinski definition) is 1. The molecule has 0 radical (unpaired) electrons. The maximum absolute atomic E-state index is 5.65. The van der Waals surface area contributed by atoms with E-state index in [1.54, 1.807) is 0 Å². The molecule has 0 spiro atoms. The van der Waals surface area contributed by atoms with E-state index in [9.17, 15) is 0 Å². The van der Waals surface area contributed by atoms with Gasteiger partial charge in [-0.05, 0) is 48.4 Å². The van der Waals surface area contributed by atoms with E-state index in [0.29, 0.717) is 5.92 Å². The molecule has 1 aromatic carbocycles. The predicted molar refractivity (Wildman–Crippen MR) is 63.6 cm³/mol. The lowest BCUT2D eigenvalue weighted by Gasteiger charge is -2.11. The summed E-state index contributed by atoms with van der Waals surface area (Å²) in [6.07, 6.45) is 2.70. The van der Waals surface area contributed by atoms with Crippen LogP contribution in [0.3, 0.4) is 0 Å². The maximum Gasteiger partial charge on any atom is 0.0212 e. The summed E-state index contributed by atoms with van der Waals surface area (Å²) in [7, 11) is 0. The van der Waals surface area contributed by atoms with E-state index in [2.05, 4.69) is 41.1 Å². The molecule has 0 aromatic heterocycles. The molecule has 1 nitrogen and oxygen atoms in total. The second-order valence-electron chi connectivity index (χ2n) is 4.19. The quantitative estimate of drug-likeness (QED) is 0.879. The fourth-order valence-electron chi connectivity index (χ4n) is 1.71. The molecule has 14 heavy (non-hydrogen) atoms.